The summed E-state index contributed by atoms with van der Waals surface area (Å²) in [6.07, 6.45) is -1.56. The molecule has 0 saturated heterocycles. The van der Waals surface area contributed by atoms with Crippen LogP contribution in [0.25, 0.3) is 0 Å². The van der Waals surface area contributed by atoms with Crippen molar-refractivity contribution in [3.8, 4) is 5.75 Å². The fraction of sp³-hybridized carbons (Fsp3) is 0.222. The van der Waals surface area contributed by atoms with Gasteiger partial charge in [0.1, 0.15) is 5.75 Å². The van der Waals surface area contributed by atoms with Gasteiger partial charge in [0.15, 0.2) is 6.10 Å². The molecule has 4 nitrogen and oxygen atoms in total. The standard InChI is InChI=1S/C9H9ClO4/c1-14-7-3-2-5(4-6(7)10)8(11)9(12)13/h2-4,8,11H,1H3,(H,12,13)/t8-/m0/s1. The van der Waals surface area contributed by atoms with E-state index in [0.717, 1.165) is 0 Å². The first kappa shape index (κ1) is 10.8. The van der Waals surface area contributed by atoms with Gasteiger partial charge in [-0.3, -0.25) is 0 Å². The number of carboxylic acids is 1. The lowest BCUT2D eigenvalue weighted by molar-refractivity contribution is -0.146. The highest BCUT2D eigenvalue weighted by atomic mass is 35.5. The highest BCUT2D eigenvalue weighted by molar-refractivity contribution is 6.32. The number of carbonyl (C=O) groups is 1. The SMILES string of the molecule is COc1ccc([C@H](O)C(=O)O)cc1Cl. The summed E-state index contributed by atoms with van der Waals surface area (Å²) < 4.78 is 4.88. The van der Waals surface area contributed by atoms with Crippen LogP contribution < -0.4 is 4.74 Å². The molecule has 0 radical (unpaired) electrons. The molecule has 0 aromatic heterocycles. The van der Waals surface area contributed by atoms with Gasteiger partial charge in [0.05, 0.1) is 12.1 Å². The molecule has 0 amide bonds. The molecule has 0 aliphatic rings. The van der Waals surface area contributed by atoms with Crippen LogP contribution in [0.5, 0.6) is 5.75 Å². The van der Waals surface area contributed by atoms with E-state index in [4.69, 9.17) is 21.4 Å². The number of aliphatic carboxylic acids is 1. The van der Waals surface area contributed by atoms with E-state index < -0.39 is 12.1 Å². The van der Waals surface area contributed by atoms with E-state index in [-0.39, 0.29) is 10.6 Å². The van der Waals surface area contributed by atoms with Crippen LogP contribution in [0, 0.1) is 0 Å². The predicted octanol–water partition coefficient (Wildman–Crippen LogP) is 1.47. The Balaban J connectivity index is 3.02. The van der Waals surface area contributed by atoms with Crippen LogP contribution in [0.2, 0.25) is 5.02 Å². The van der Waals surface area contributed by atoms with Gasteiger partial charge in [-0.25, -0.2) is 4.79 Å². The van der Waals surface area contributed by atoms with Gasteiger partial charge in [-0.05, 0) is 17.7 Å². The number of rotatable bonds is 3. The van der Waals surface area contributed by atoms with Crippen molar-refractivity contribution in [3.63, 3.8) is 0 Å². The van der Waals surface area contributed by atoms with Crippen molar-refractivity contribution >= 4 is 17.6 Å². The van der Waals surface area contributed by atoms with Gasteiger partial charge in [-0.2, -0.15) is 0 Å². The van der Waals surface area contributed by atoms with Crippen molar-refractivity contribution in [3.05, 3.63) is 28.8 Å². The molecule has 1 atom stereocenters. The number of hydrogen-bond acceptors (Lipinski definition) is 3. The Morgan fingerprint density at radius 3 is 2.64 bits per heavy atom. The van der Waals surface area contributed by atoms with Crippen molar-refractivity contribution in [1.82, 2.24) is 0 Å². The third-order valence-electron chi connectivity index (χ3n) is 1.73. The van der Waals surface area contributed by atoms with Crippen LogP contribution in [0.15, 0.2) is 18.2 Å². The highest BCUT2D eigenvalue weighted by Gasteiger charge is 2.16. The normalized spacial score (nSPS) is 12.2. The van der Waals surface area contributed by atoms with E-state index in [2.05, 4.69) is 0 Å². The Labute approximate surface area is 85.7 Å². The van der Waals surface area contributed by atoms with Gasteiger partial charge in [0.25, 0.3) is 0 Å². The average Bonchev–Trinajstić information content (AvgIpc) is 2.16. The average molecular weight is 217 g/mol. The minimum absolute atomic E-state index is 0.225. The van der Waals surface area contributed by atoms with Crippen LogP contribution in [-0.2, 0) is 4.79 Å². The number of halogens is 1. The molecular formula is C9H9ClO4. The van der Waals surface area contributed by atoms with Gasteiger partial charge in [0, 0.05) is 0 Å². The van der Waals surface area contributed by atoms with E-state index in [0.29, 0.717) is 5.75 Å². The molecule has 0 aliphatic carbocycles. The van der Waals surface area contributed by atoms with E-state index in [1.54, 1.807) is 0 Å². The predicted molar refractivity (Wildman–Crippen MR) is 50.6 cm³/mol. The third kappa shape index (κ3) is 2.16. The molecule has 0 saturated carbocycles. The highest BCUT2D eigenvalue weighted by Crippen LogP contribution is 2.27. The summed E-state index contributed by atoms with van der Waals surface area (Å²) >= 11 is 5.75. The molecule has 14 heavy (non-hydrogen) atoms. The molecule has 0 spiro atoms. The summed E-state index contributed by atoms with van der Waals surface area (Å²) in [6, 6.07) is 4.31. The number of methoxy groups -OCH3 is 1. The zero-order valence-electron chi connectivity index (χ0n) is 7.40. The maximum absolute atomic E-state index is 10.4. The Hall–Kier alpha value is -1.26. The summed E-state index contributed by atoms with van der Waals surface area (Å²) in [4.78, 5) is 10.4. The molecule has 1 rings (SSSR count). The Kier molecular flexibility index (Phi) is 3.33. The van der Waals surface area contributed by atoms with Crippen molar-refractivity contribution in [2.24, 2.45) is 0 Å². The number of ether oxygens (including phenoxy) is 1. The van der Waals surface area contributed by atoms with Crippen molar-refractivity contribution in [2.45, 2.75) is 6.10 Å². The van der Waals surface area contributed by atoms with Gasteiger partial charge in [0.2, 0.25) is 0 Å². The van der Waals surface area contributed by atoms with E-state index in [1.807, 2.05) is 0 Å². The maximum atomic E-state index is 10.4. The Morgan fingerprint density at radius 2 is 2.21 bits per heavy atom. The molecule has 0 fully saturated rings. The van der Waals surface area contributed by atoms with Crippen molar-refractivity contribution in [2.75, 3.05) is 7.11 Å². The number of hydrogen-bond donors (Lipinski definition) is 2. The fourth-order valence-corrected chi connectivity index (χ4v) is 1.26. The molecule has 0 bridgehead atoms. The number of benzene rings is 1. The first-order valence-corrected chi connectivity index (χ1v) is 4.18. The zero-order valence-corrected chi connectivity index (χ0v) is 8.15. The minimum Gasteiger partial charge on any atom is -0.495 e. The fourth-order valence-electron chi connectivity index (χ4n) is 0.995. The van der Waals surface area contributed by atoms with Crippen LogP contribution in [-0.4, -0.2) is 23.3 Å². The number of aliphatic hydroxyl groups is 1. The first-order valence-electron chi connectivity index (χ1n) is 3.80. The minimum atomic E-state index is -1.56. The monoisotopic (exact) mass is 216 g/mol. The van der Waals surface area contributed by atoms with Gasteiger partial charge >= 0.3 is 5.97 Å². The van der Waals surface area contributed by atoms with Crippen LogP contribution in [0.4, 0.5) is 0 Å². The second-order valence-corrected chi connectivity index (χ2v) is 3.04. The molecule has 76 valence electrons. The lowest BCUT2D eigenvalue weighted by Crippen LogP contribution is -2.10. The van der Waals surface area contributed by atoms with Gasteiger partial charge < -0.3 is 14.9 Å². The smallest absolute Gasteiger partial charge is 0.337 e. The Morgan fingerprint density at radius 1 is 1.57 bits per heavy atom. The van der Waals surface area contributed by atoms with Crippen LogP contribution in [0.3, 0.4) is 0 Å². The largest absolute Gasteiger partial charge is 0.495 e. The first-order chi connectivity index (χ1) is 6.56. The quantitative estimate of drug-likeness (QED) is 0.803. The molecule has 1 aromatic rings. The third-order valence-corrected chi connectivity index (χ3v) is 2.02. The van der Waals surface area contributed by atoms with Crippen molar-refractivity contribution in [1.29, 1.82) is 0 Å². The Bertz CT molecular complexity index is 351. The van der Waals surface area contributed by atoms with Gasteiger partial charge in [-0.15, -0.1) is 0 Å². The maximum Gasteiger partial charge on any atom is 0.337 e. The zero-order chi connectivity index (χ0) is 10.7. The number of aliphatic hydroxyl groups excluding tert-OH is 1. The van der Waals surface area contributed by atoms with E-state index in [9.17, 15) is 9.90 Å². The second-order valence-electron chi connectivity index (χ2n) is 2.63. The molecule has 0 heterocycles. The van der Waals surface area contributed by atoms with Crippen molar-refractivity contribution < 1.29 is 19.7 Å². The van der Waals surface area contributed by atoms with Crippen LogP contribution >= 0.6 is 11.6 Å². The van der Waals surface area contributed by atoms with Crippen LogP contribution in [0.1, 0.15) is 11.7 Å². The van der Waals surface area contributed by atoms with E-state index in [1.165, 1.54) is 25.3 Å². The number of carboxylic acid groups (broad SMARTS) is 1. The lowest BCUT2D eigenvalue weighted by Gasteiger charge is -2.08. The molecule has 2 N–H and O–H groups in total. The summed E-state index contributed by atoms with van der Waals surface area (Å²) in [5.74, 6) is -0.876. The van der Waals surface area contributed by atoms with Gasteiger partial charge in [-0.1, -0.05) is 17.7 Å². The molecule has 0 unspecified atom stereocenters. The summed E-state index contributed by atoms with van der Waals surface area (Å²) in [5.41, 5.74) is 0.225. The summed E-state index contributed by atoms with van der Waals surface area (Å²) in [6.45, 7) is 0. The molecule has 1 aromatic carbocycles. The lowest BCUT2D eigenvalue weighted by atomic mass is 10.1. The second kappa shape index (κ2) is 4.30. The molecule has 5 heteroatoms. The molecular weight excluding hydrogens is 208 g/mol. The summed E-state index contributed by atoms with van der Waals surface area (Å²) in [5, 5.41) is 18.0. The topological polar surface area (TPSA) is 66.8 Å². The summed E-state index contributed by atoms with van der Waals surface area (Å²) in [7, 11) is 1.45. The molecule has 0 aliphatic heterocycles. The van der Waals surface area contributed by atoms with E-state index >= 15 is 0 Å².